The van der Waals surface area contributed by atoms with Crippen molar-refractivity contribution in [1.29, 1.82) is 0 Å². The molecular formula is C17H32IO4P. The van der Waals surface area contributed by atoms with Crippen molar-refractivity contribution in [2.45, 2.75) is 77.3 Å². The van der Waals surface area contributed by atoms with E-state index in [1.54, 1.807) is 0 Å². The topological polar surface area (TPSA) is 52.6 Å². The minimum Gasteiger partial charge on any atom is -1.00 e. The first-order valence-electron chi connectivity index (χ1n) is 8.78. The van der Waals surface area contributed by atoms with E-state index in [-0.39, 0.29) is 41.1 Å². The lowest BCUT2D eigenvalue weighted by Crippen LogP contribution is -3.00. The molecule has 1 aliphatic rings. The van der Waals surface area contributed by atoms with Gasteiger partial charge in [-0.1, -0.05) is 33.1 Å². The third-order valence-corrected chi connectivity index (χ3v) is 8.26. The van der Waals surface area contributed by atoms with E-state index in [9.17, 15) is 9.59 Å². The van der Waals surface area contributed by atoms with Crippen molar-refractivity contribution in [2.24, 2.45) is 0 Å². The van der Waals surface area contributed by atoms with Crippen LogP contribution in [0.1, 0.15) is 71.6 Å². The summed E-state index contributed by atoms with van der Waals surface area (Å²) in [7, 11) is -2.53. The molecule has 4 nitrogen and oxygen atoms in total. The van der Waals surface area contributed by atoms with Gasteiger partial charge in [0.25, 0.3) is 0 Å². The van der Waals surface area contributed by atoms with E-state index in [1.807, 2.05) is 6.66 Å². The quantitative estimate of drug-likeness (QED) is 0.303. The standard InChI is InChI=1S/C17H32O4P.HI/c1-4-6-13-20-16(18)22(3,15-11-9-8-10-12-15)17(19)21-14-7-5-2;/h15H,4-14H2,1-3H3;1H/q+1;/p-1. The highest BCUT2D eigenvalue weighted by atomic mass is 127. The molecule has 0 aromatic carbocycles. The van der Waals surface area contributed by atoms with Crippen LogP contribution < -0.4 is 24.0 Å². The van der Waals surface area contributed by atoms with Crippen LogP contribution in [-0.4, -0.2) is 37.0 Å². The van der Waals surface area contributed by atoms with Crippen molar-refractivity contribution < 1.29 is 43.0 Å². The fraction of sp³-hybridized carbons (Fsp3) is 0.882. The van der Waals surface area contributed by atoms with Crippen molar-refractivity contribution in [2.75, 3.05) is 19.9 Å². The van der Waals surface area contributed by atoms with Crippen molar-refractivity contribution in [3.05, 3.63) is 0 Å². The van der Waals surface area contributed by atoms with Gasteiger partial charge in [0.05, 0.1) is 25.5 Å². The number of rotatable bonds is 9. The van der Waals surface area contributed by atoms with Gasteiger partial charge in [-0.2, -0.15) is 0 Å². The molecule has 0 unspecified atom stereocenters. The summed E-state index contributed by atoms with van der Waals surface area (Å²) in [6, 6.07) is 0. The van der Waals surface area contributed by atoms with Gasteiger partial charge in [0.2, 0.25) is 7.26 Å². The molecule has 0 spiro atoms. The predicted octanol–water partition coefficient (Wildman–Crippen LogP) is 2.84. The maximum atomic E-state index is 12.6. The molecule has 0 amide bonds. The van der Waals surface area contributed by atoms with E-state index in [2.05, 4.69) is 13.8 Å². The molecule has 6 heteroatoms. The zero-order valence-corrected chi connectivity index (χ0v) is 17.9. The lowest BCUT2D eigenvalue weighted by molar-refractivity contribution is -0.0000146. The highest BCUT2D eigenvalue weighted by Crippen LogP contribution is 2.66. The zero-order valence-electron chi connectivity index (χ0n) is 14.8. The number of unbranched alkanes of at least 4 members (excludes halogenated alkanes) is 2. The molecule has 0 heterocycles. The van der Waals surface area contributed by atoms with Crippen molar-refractivity contribution >= 4 is 18.7 Å². The van der Waals surface area contributed by atoms with Crippen LogP contribution in [0.15, 0.2) is 0 Å². The van der Waals surface area contributed by atoms with Crippen LogP contribution in [0, 0.1) is 0 Å². The molecule has 0 bridgehead atoms. The molecule has 136 valence electrons. The average molecular weight is 458 g/mol. The van der Waals surface area contributed by atoms with Crippen molar-refractivity contribution in [3.8, 4) is 0 Å². The Bertz CT molecular complexity index is 335. The van der Waals surface area contributed by atoms with E-state index in [4.69, 9.17) is 9.47 Å². The SMILES string of the molecule is CCCCOC(=O)[P+](C)(C(=O)OCCCC)C1CCCCC1.[I-]. The molecule has 0 aliphatic heterocycles. The Morgan fingerprint density at radius 3 is 1.74 bits per heavy atom. The number of ether oxygens (including phenoxy) is 2. The van der Waals surface area contributed by atoms with Crippen molar-refractivity contribution in [1.82, 2.24) is 0 Å². The molecule has 23 heavy (non-hydrogen) atoms. The van der Waals surface area contributed by atoms with Gasteiger partial charge in [-0.15, -0.1) is 0 Å². The molecule has 1 rings (SSSR count). The van der Waals surface area contributed by atoms with Crippen LogP contribution in [0.5, 0.6) is 0 Å². The second-order valence-corrected chi connectivity index (χ2v) is 9.91. The molecular weight excluding hydrogens is 426 g/mol. The largest absolute Gasteiger partial charge is 1.00 e. The third-order valence-electron chi connectivity index (χ3n) is 4.51. The molecule has 0 N–H and O–H groups in total. The normalized spacial score (nSPS) is 15.6. The molecule has 1 saturated carbocycles. The summed E-state index contributed by atoms with van der Waals surface area (Å²) in [5.74, 6) is 0. The van der Waals surface area contributed by atoms with Gasteiger partial charge in [0, 0.05) is 0 Å². The Morgan fingerprint density at radius 2 is 1.35 bits per heavy atom. The summed E-state index contributed by atoms with van der Waals surface area (Å²) < 4.78 is 10.9. The van der Waals surface area contributed by atoms with Gasteiger partial charge in [-0.05, 0) is 38.5 Å². The predicted molar refractivity (Wildman–Crippen MR) is 92.2 cm³/mol. The summed E-state index contributed by atoms with van der Waals surface area (Å²) in [4.78, 5) is 25.3. The van der Waals surface area contributed by atoms with Crippen LogP contribution >= 0.6 is 7.26 Å². The number of hydrogen-bond acceptors (Lipinski definition) is 4. The van der Waals surface area contributed by atoms with Crippen LogP contribution in [0.3, 0.4) is 0 Å². The first-order chi connectivity index (χ1) is 10.6. The lowest BCUT2D eigenvalue weighted by atomic mass is 10.0. The molecule has 1 fully saturated rings. The minimum atomic E-state index is -2.53. The molecule has 0 aromatic rings. The smallest absolute Gasteiger partial charge is 0.463 e. The van der Waals surface area contributed by atoms with Crippen LogP contribution in [-0.2, 0) is 9.47 Å². The number of carbonyl (C=O) groups is 2. The van der Waals surface area contributed by atoms with Gasteiger partial charge in [-0.3, -0.25) is 0 Å². The summed E-state index contributed by atoms with van der Waals surface area (Å²) >= 11 is 0. The maximum absolute atomic E-state index is 12.6. The first-order valence-corrected chi connectivity index (χ1v) is 11.1. The Hall–Kier alpha value is 0.1000. The highest BCUT2D eigenvalue weighted by molar-refractivity contribution is 8.03. The Labute approximate surface area is 158 Å². The molecule has 0 atom stereocenters. The second-order valence-electron chi connectivity index (χ2n) is 6.30. The van der Waals surface area contributed by atoms with Crippen LogP contribution in [0.2, 0.25) is 0 Å². The average Bonchev–Trinajstić information content (AvgIpc) is 2.55. The van der Waals surface area contributed by atoms with E-state index >= 15 is 0 Å². The van der Waals surface area contributed by atoms with Gasteiger partial charge < -0.3 is 33.5 Å². The Morgan fingerprint density at radius 1 is 0.913 bits per heavy atom. The van der Waals surface area contributed by atoms with E-state index in [1.165, 1.54) is 6.42 Å². The van der Waals surface area contributed by atoms with Crippen molar-refractivity contribution in [3.63, 3.8) is 0 Å². The minimum absolute atomic E-state index is 0. The Balaban J connectivity index is 0.00000484. The molecule has 0 saturated heterocycles. The van der Waals surface area contributed by atoms with Crippen LogP contribution in [0.25, 0.3) is 0 Å². The summed E-state index contributed by atoms with van der Waals surface area (Å²) in [6.07, 6.45) is 8.97. The maximum Gasteiger partial charge on any atom is 0.463 e. The molecule has 1 aliphatic carbocycles. The van der Waals surface area contributed by atoms with Gasteiger partial charge >= 0.3 is 11.4 Å². The van der Waals surface area contributed by atoms with E-state index < -0.39 is 7.26 Å². The van der Waals surface area contributed by atoms with Gasteiger partial charge in [-0.25, -0.2) is 9.59 Å². The van der Waals surface area contributed by atoms with E-state index in [0.717, 1.165) is 51.4 Å². The monoisotopic (exact) mass is 458 g/mol. The zero-order chi connectivity index (χ0) is 16.4. The number of halogens is 1. The third kappa shape index (κ3) is 6.85. The number of carbonyl (C=O) groups excluding carboxylic acids is 2. The molecule has 0 aromatic heterocycles. The Kier molecular flexibility index (Phi) is 12.5. The second kappa shape index (κ2) is 12.5. The molecule has 0 radical (unpaired) electrons. The first kappa shape index (κ1) is 23.1. The van der Waals surface area contributed by atoms with Crippen LogP contribution in [0.4, 0.5) is 9.59 Å². The highest BCUT2D eigenvalue weighted by Gasteiger charge is 2.60. The van der Waals surface area contributed by atoms with E-state index in [0.29, 0.717) is 13.2 Å². The fourth-order valence-electron chi connectivity index (χ4n) is 2.85. The lowest BCUT2D eigenvalue weighted by Gasteiger charge is -2.28. The van der Waals surface area contributed by atoms with Gasteiger partial charge in [0.15, 0.2) is 0 Å². The number of hydrogen-bond donors (Lipinski definition) is 0. The fourth-order valence-corrected chi connectivity index (χ4v) is 5.71. The summed E-state index contributed by atoms with van der Waals surface area (Å²) in [5, 5.41) is 0. The van der Waals surface area contributed by atoms with Gasteiger partial charge in [0.1, 0.15) is 0 Å². The summed E-state index contributed by atoms with van der Waals surface area (Å²) in [6.45, 7) is 6.79. The summed E-state index contributed by atoms with van der Waals surface area (Å²) in [5.41, 5.74) is -0.409.